The van der Waals surface area contributed by atoms with E-state index in [2.05, 4.69) is 15.6 Å². The molecule has 1 heterocycles. The van der Waals surface area contributed by atoms with Gasteiger partial charge in [0, 0.05) is 23.0 Å². The number of rotatable bonds is 13. The van der Waals surface area contributed by atoms with Crippen LogP contribution >= 0.6 is 11.6 Å². The van der Waals surface area contributed by atoms with Gasteiger partial charge in [0.25, 0.3) is 12.7 Å². The maximum atomic E-state index is 14.2. The zero-order valence-corrected chi connectivity index (χ0v) is 22.4. The molecule has 2 aromatic carbocycles. The highest BCUT2D eigenvalue weighted by molar-refractivity contribution is 6.30. The standard InChI is InChI=1S/C26H29ClFN5O7/c1-14(2)23(29)26(38)39-13-40-33-12-21(31-32-33)24(35)30-18(11-22(34)25(36)37)9-15-3-5-16(6-4-15)19-10-17(27)7-8-20(19)28/h3-8,10,12,14,18,22-23,34H,9,11,13,29H2,1-2H3,(H,30,35)(H,36,37)/t18-,22-,23+/m1/s1. The van der Waals surface area contributed by atoms with Crippen molar-refractivity contribution in [1.29, 1.82) is 0 Å². The molecule has 0 bridgehead atoms. The first kappa shape index (κ1) is 30.5. The van der Waals surface area contributed by atoms with Gasteiger partial charge in [0.05, 0.1) is 0 Å². The smallest absolute Gasteiger partial charge is 0.332 e. The lowest BCUT2D eigenvalue weighted by atomic mass is 9.97. The van der Waals surface area contributed by atoms with Crippen LogP contribution in [0.4, 0.5) is 4.39 Å². The highest BCUT2D eigenvalue weighted by Gasteiger charge is 2.24. The third-order valence-electron chi connectivity index (χ3n) is 5.89. The third-order valence-corrected chi connectivity index (χ3v) is 6.12. The summed E-state index contributed by atoms with van der Waals surface area (Å²) in [5.41, 5.74) is 7.09. The topological polar surface area (TPSA) is 179 Å². The monoisotopic (exact) mass is 577 g/mol. The lowest BCUT2D eigenvalue weighted by molar-refractivity contribution is -0.160. The fourth-order valence-electron chi connectivity index (χ4n) is 3.57. The van der Waals surface area contributed by atoms with E-state index in [1.54, 1.807) is 38.1 Å². The molecule has 0 spiro atoms. The Balaban J connectivity index is 1.65. The largest absolute Gasteiger partial charge is 0.479 e. The van der Waals surface area contributed by atoms with Crippen molar-refractivity contribution in [2.45, 2.75) is 44.9 Å². The molecule has 12 nitrogen and oxygen atoms in total. The Morgan fingerprint density at radius 2 is 1.88 bits per heavy atom. The molecule has 3 atom stereocenters. The summed E-state index contributed by atoms with van der Waals surface area (Å²) in [7, 11) is 0. The Hall–Kier alpha value is -4.07. The summed E-state index contributed by atoms with van der Waals surface area (Å²) in [6.45, 7) is 3.00. The lowest BCUT2D eigenvalue weighted by Crippen LogP contribution is -2.40. The van der Waals surface area contributed by atoms with Gasteiger partial charge in [-0.2, -0.15) is 0 Å². The molecule has 0 unspecified atom stereocenters. The number of hydrogen-bond acceptors (Lipinski definition) is 9. The van der Waals surface area contributed by atoms with Gasteiger partial charge in [0.2, 0.25) is 0 Å². The number of carbonyl (C=O) groups is 3. The SMILES string of the molecule is CC(C)[C@H](N)C(=O)OCOn1cc(C(=O)N[C@H](Cc2ccc(-c3cc(Cl)ccc3F)cc2)C[C@@H](O)C(=O)O)nn1. The van der Waals surface area contributed by atoms with Crippen LogP contribution in [0.25, 0.3) is 11.1 Å². The molecule has 40 heavy (non-hydrogen) atoms. The molecular formula is C26H29ClFN5O7. The number of nitrogens with zero attached hydrogens (tertiary/aromatic N) is 3. The van der Waals surface area contributed by atoms with Crippen LogP contribution in [0.1, 0.15) is 36.3 Å². The van der Waals surface area contributed by atoms with E-state index in [1.165, 1.54) is 18.2 Å². The van der Waals surface area contributed by atoms with Gasteiger partial charge in [0.15, 0.2) is 11.8 Å². The molecule has 214 valence electrons. The van der Waals surface area contributed by atoms with Crippen molar-refractivity contribution in [2.75, 3.05) is 6.79 Å². The summed E-state index contributed by atoms with van der Waals surface area (Å²) in [5.74, 6) is -3.41. The van der Waals surface area contributed by atoms with Gasteiger partial charge < -0.3 is 30.8 Å². The summed E-state index contributed by atoms with van der Waals surface area (Å²) >= 11 is 5.98. The number of carbonyl (C=O) groups excluding carboxylic acids is 2. The molecule has 0 fully saturated rings. The molecule has 0 saturated carbocycles. The van der Waals surface area contributed by atoms with E-state index >= 15 is 0 Å². The van der Waals surface area contributed by atoms with Gasteiger partial charge in [0.1, 0.15) is 18.1 Å². The maximum Gasteiger partial charge on any atom is 0.332 e. The molecule has 1 amide bonds. The molecule has 3 aromatic rings. The molecule has 3 rings (SSSR count). The quantitative estimate of drug-likeness (QED) is 0.173. The normalized spacial score (nSPS) is 13.4. The fraction of sp³-hybridized carbons (Fsp3) is 0.346. The van der Waals surface area contributed by atoms with Crippen molar-refractivity contribution in [3.8, 4) is 11.1 Å². The number of carboxylic acids is 1. The van der Waals surface area contributed by atoms with Gasteiger partial charge in [-0.25, -0.2) is 9.18 Å². The molecule has 0 aliphatic heterocycles. The number of halogens is 2. The molecule has 0 aliphatic carbocycles. The third kappa shape index (κ3) is 8.46. The minimum Gasteiger partial charge on any atom is -0.479 e. The summed E-state index contributed by atoms with van der Waals surface area (Å²) in [6.07, 6.45) is -0.769. The fourth-order valence-corrected chi connectivity index (χ4v) is 3.74. The number of amides is 1. The van der Waals surface area contributed by atoms with Gasteiger partial charge in [-0.3, -0.25) is 9.59 Å². The minimum absolute atomic E-state index is 0.134. The van der Waals surface area contributed by atoms with E-state index in [0.29, 0.717) is 21.7 Å². The Morgan fingerprint density at radius 1 is 1.18 bits per heavy atom. The maximum absolute atomic E-state index is 14.2. The molecule has 14 heteroatoms. The molecule has 5 N–H and O–H groups in total. The first-order valence-corrected chi connectivity index (χ1v) is 12.6. The molecule has 0 radical (unpaired) electrons. The number of hydrogen-bond donors (Lipinski definition) is 4. The van der Waals surface area contributed by atoms with Crippen LogP contribution in [-0.2, 0) is 20.7 Å². The van der Waals surface area contributed by atoms with Crippen LogP contribution in [0.5, 0.6) is 0 Å². The average molecular weight is 578 g/mol. The van der Waals surface area contributed by atoms with E-state index in [-0.39, 0.29) is 24.5 Å². The number of esters is 1. The zero-order valence-electron chi connectivity index (χ0n) is 21.7. The summed E-state index contributed by atoms with van der Waals surface area (Å²) < 4.78 is 19.1. The first-order chi connectivity index (χ1) is 18.9. The minimum atomic E-state index is -1.74. The number of nitrogens with one attached hydrogen (secondary N) is 1. The summed E-state index contributed by atoms with van der Waals surface area (Å²) in [5, 5.41) is 29.4. The Kier molecular flexibility index (Phi) is 10.5. The number of nitrogens with two attached hydrogens (primary N) is 1. The molecule has 0 saturated heterocycles. The summed E-state index contributed by atoms with van der Waals surface area (Å²) in [6, 6.07) is 9.28. The molecule has 1 aromatic heterocycles. The summed E-state index contributed by atoms with van der Waals surface area (Å²) in [4.78, 5) is 41.8. The Labute approximate surface area is 233 Å². The number of ether oxygens (including phenoxy) is 1. The highest BCUT2D eigenvalue weighted by atomic mass is 35.5. The Bertz CT molecular complexity index is 1340. The van der Waals surface area contributed by atoms with Crippen LogP contribution in [0.2, 0.25) is 5.02 Å². The van der Waals surface area contributed by atoms with E-state index in [4.69, 9.17) is 32.0 Å². The lowest BCUT2D eigenvalue weighted by Gasteiger charge is -2.20. The predicted octanol–water partition coefficient (Wildman–Crippen LogP) is 1.83. The van der Waals surface area contributed by atoms with Crippen molar-refractivity contribution < 1.29 is 38.6 Å². The van der Waals surface area contributed by atoms with E-state index in [1.807, 2.05) is 0 Å². The van der Waals surface area contributed by atoms with Crippen molar-refractivity contribution in [3.63, 3.8) is 0 Å². The van der Waals surface area contributed by atoms with Gasteiger partial charge >= 0.3 is 11.9 Å². The van der Waals surface area contributed by atoms with Crippen molar-refractivity contribution >= 4 is 29.4 Å². The number of benzene rings is 2. The van der Waals surface area contributed by atoms with Crippen LogP contribution in [0.3, 0.4) is 0 Å². The number of aliphatic carboxylic acids is 1. The second-order valence-electron chi connectivity index (χ2n) is 9.27. The van der Waals surface area contributed by atoms with E-state index in [9.17, 15) is 23.9 Å². The highest BCUT2D eigenvalue weighted by Crippen LogP contribution is 2.26. The Morgan fingerprint density at radius 3 is 2.52 bits per heavy atom. The van der Waals surface area contributed by atoms with Crippen LogP contribution in [0.15, 0.2) is 48.7 Å². The number of aliphatic hydroxyl groups excluding tert-OH is 1. The van der Waals surface area contributed by atoms with Crippen molar-refractivity contribution in [3.05, 3.63) is 70.8 Å². The van der Waals surface area contributed by atoms with Crippen molar-refractivity contribution in [1.82, 2.24) is 20.5 Å². The van der Waals surface area contributed by atoms with Gasteiger partial charge in [-0.1, -0.05) is 54.6 Å². The molecular weight excluding hydrogens is 549 g/mol. The number of aromatic nitrogens is 3. The van der Waals surface area contributed by atoms with Gasteiger partial charge in [-0.05, 0) is 46.9 Å². The van der Waals surface area contributed by atoms with Crippen molar-refractivity contribution in [2.24, 2.45) is 11.7 Å². The predicted molar refractivity (Wildman–Crippen MR) is 140 cm³/mol. The van der Waals surface area contributed by atoms with Crippen LogP contribution in [0, 0.1) is 11.7 Å². The van der Waals surface area contributed by atoms with E-state index < -0.39 is 48.6 Å². The number of carboxylic acid groups (broad SMARTS) is 1. The van der Waals surface area contributed by atoms with Crippen LogP contribution < -0.4 is 15.9 Å². The second-order valence-corrected chi connectivity index (χ2v) is 9.71. The number of aliphatic hydroxyl groups is 1. The zero-order chi connectivity index (χ0) is 29.4. The first-order valence-electron chi connectivity index (χ1n) is 12.2. The molecule has 0 aliphatic rings. The van der Waals surface area contributed by atoms with Gasteiger partial charge in [-0.15, -0.1) is 5.10 Å². The van der Waals surface area contributed by atoms with Crippen LogP contribution in [-0.4, -0.2) is 68.2 Å². The second kappa shape index (κ2) is 13.8. The van der Waals surface area contributed by atoms with E-state index in [0.717, 1.165) is 11.0 Å². The average Bonchev–Trinajstić information content (AvgIpc) is 3.39.